The van der Waals surface area contributed by atoms with Gasteiger partial charge >= 0.3 is 0 Å². The number of piperazine rings is 1. The van der Waals surface area contributed by atoms with Crippen molar-refractivity contribution in [3.63, 3.8) is 0 Å². The standard InChI is InChI=1S/C14H23N3O2/c1-14(2)8-12(18)11(13(19)9-14)10-15-17-6-4-16(3)5-7-17/h10,18H,4-9H2,1-3H3. The topological polar surface area (TPSA) is 56.1 Å². The van der Waals surface area contributed by atoms with Gasteiger partial charge in [-0.1, -0.05) is 13.8 Å². The molecule has 2 aliphatic rings. The molecule has 5 nitrogen and oxygen atoms in total. The molecule has 1 saturated heterocycles. The molecule has 1 aliphatic heterocycles. The van der Waals surface area contributed by atoms with Crippen molar-refractivity contribution in [3.05, 3.63) is 11.3 Å². The quantitative estimate of drug-likeness (QED) is 0.767. The molecule has 2 rings (SSSR count). The average Bonchev–Trinajstić information content (AvgIpc) is 2.29. The largest absolute Gasteiger partial charge is 0.511 e. The third-order valence-corrected chi connectivity index (χ3v) is 3.73. The number of nitrogens with zero attached hydrogens (tertiary/aromatic N) is 3. The third kappa shape index (κ3) is 3.56. The Morgan fingerprint density at radius 3 is 2.42 bits per heavy atom. The van der Waals surface area contributed by atoms with Crippen LogP contribution in [0.25, 0.3) is 0 Å². The van der Waals surface area contributed by atoms with Gasteiger partial charge in [0.05, 0.1) is 11.8 Å². The van der Waals surface area contributed by atoms with Gasteiger partial charge in [-0.3, -0.25) is 9.80 Å². The Kier molecular flexibility index (Phi) is 3.94. The van der Waals surface area contributed by atoms with E-state index in [9.17, 15) is 9.90 Å². The first-order valence-corrected chi connectivity index (χ1v) is 6.80. The van der Waals surface area contributed by atoms with E-state index in [2.05, 4.69) is 17.0 Å². The summed E-state index contributed by atoms with van der Waals surface area (Å²) in [6.07, 6.45) is 2.56. The van der Waals surface area contributed by atoms with E-state index in [4.69, 9.17) is 0 Å². The maximum atomic E-state index is 12.0. The van der Waals surface area contributed by atoms with Crippen LogP contribution < -0.4 is 0 Å². The number of hydrogen-bond acceptors (Lipinski definition) is 5. The number of hydrogen-bond donors (Lipinski definition) is 1. The van der Waals surface area contributed by atoms with Gasteiger partial charge in [-0.2, -0.15) is 5.10 Å². The molecule has 0 bridgehead atoms. The van der Waals surface area contributed by atoms with Crippen LogP contribution in [0.5, 0.6) is 0 Å². The number of carbonyl (C=O) groups excluding carboxylic acids is 1. The Morgan fingerprint density at radius 2 is 1.84 bits per heavy atom. The highest BCUT2D eigenvalue weighted by atomic mass is 16.3. The predicted molar refractivity (Wildman–Crippen MR) is 75.2 cm³/mol. The van der Waals surface area contributed by atoms with Crippen molar-refractivity contribution in [3.8, 4) is 0 Å². The van der Waals surface area contributed by atoms with Gasteiger partial charge in [-0.15, -0.1) is 0 Å². The lowest BCUT2D eigenvalue weighted by Gasteiger charge is -2.31. The van der Waals surface area contributed by atoms with E-state index in [0.717, 1.165) is 26.2 Å². The zero-order chi connectivity index (χ0) is 14.0. The molecule has 0 aromatic heterocycles. The van der Waals surface area contributed by atoms with Crippen LogP contribution in [-0.2, 0) is 4.79 Å². The lowest BCUT2D eigenvalue weighted by atomic mass is 9.77. The number of allylic oxidation sites excluding steroid dienone is 2. The number of rotatable bonds is 2. The summed E-state index contributed by atoms with van der Waals surface area (Å²) in [7, 11) is 2.09. The molecule has 0 aromatic rings. The summed E-state index contributed by atoms with van der Waals surface area (Å²) in [5.41, 5.74) is 0.241. The summed E-state index contributed by atoms with van der Waals surface area (Å²) in [6, 6.07) is 0. The molecule has 5 heteroatoms. The average molecular weight is 265 g/mol. The minimum absolute atomic E-state index is 0.00775. The molecule has 1 fully saturated rings. The van der Waals surface area contributed by atoms with Crippen LogP contribution in [-0.4, -0.2) is 60.2 Å². The van der Waals surface area contributed by atoms with Crippen LogP contribution >= 0.6 is 0 Å². The number of Topliss-reactive ketones (excluding diaryl/α,β-unsaturated/α-hetero) is 1. The number of aliphatic hydroxyl groups excluding tert-OH is 1. The van der Waals surface area contributed by atoms with E-state index in [0.29, 0.717) is 18.4 Å². The monoisotopic (exact) mass is 265 g/mol. The molecule has 106 valence electrons. The summed E-state index contributed by atoms with van der Waals surface area (Å²) in [6.45, 7) is 7.67. The van der Waals surface area contributed by atoms with Gasteiger partial charge in [0, 0.05) is 39.0 Å². The summed E-state index contributed by atoms with van der Waals surface area (Å²) >= 11 is 0. The minimum atomic E-state index is -0.146. The highest BCUT2D eigenvalue weighted by Gasteiger charge is 2.32. The molecular formula is C14H23N3O2. The molecule has 0 radical (unpaired) electrons. The Morgan fingerprint density at radius 1 is 1.21 bits per heavy atom. The van der Waals surface area contributed by atoms with E-state index < -0.39 is 0 Å². The van der Waals surface area contributed by atoms with E-state index >= 15 is 0 Å². The van der Waals surface area contributed by atoms with Crippen molar-refractivity contribution in [1.82, 2.24) is 9.91 Å². The summed E-state index contributed by atoms with van der Waals surface area (Å²) in [4.78, 5) is 14.3. The number of aliphatic hydroxyl groups is 1. The maximum Gasteiger partial charge on any atom is 0.168 e. The van der Waals surface area contributed by atoms with Gasteiger partial charge in [0.1, 0.15) is 5.76 Å². The fourth-order valence-corrected chi connectivity index (χ4v) is 2.50. The van der Waals surface area contributed by atoms with E-state index in [1.165, 1.54) is 6.21 Å². The van der Waals surface area contributed by atoms with Crippen LogP contribution in [0.2, 0.25) is 0 Å². The number of carbonyl (C=O) groups is 1. The molecule has 0 atom stereocenters. The fraction of sp³-hybridized carbons (Fsp3) is 0.714. The molecule has 1 N–H and O–H groups in total. The van der Waals surface area contributed by atoms with Gasteiger partial charge in [0.15, 0.2) is 5.78 Å². The Bertz CT molecular complexity index is 418. The zero-order valence-electron chi connectivity index (χ0n) is 12.0. The lowest BCUT2D eigenvalue weighted by Crippen LogP contribution is -2.42. The fourth-order valence-electron chi connectivity index (χ4n) is 2.50. The smallest absolute Gasteiger partial charge is 0.168 e. The minimum Gasteiger partial charge on any atom is -0.511 e. The van der Waals surface area contributed by atoms with E-state index in [1.54, 1.807) is 0 Å². The second-order valence-electron chi connectivity index (χ2n) is 6.30. The molecule has 0 aromatic carbocycles. The number of ketones is 1. The van der Waals surface area contributed by atoms with E-state index in [-0.39, 0.29) is 17.0 Å². The Hall–Kier alpha value is -1.36. The van der Waals surface area contributed by atoms with Crippen molar-refractivity contribution in [1.29, 1.82) is 0 Å². The number of hydrazone groups is 1. The van der Waals surface area contributed by atoms with Crippen LogP contribution in [0.15, 0.2) is 16.4 Å². The van der Waals surface area contributed by atoms with Crippen molar-refractivity contribution >= 4 is 12.0 Å². The van der Waals surface area contributed by atoms with Gasteiger partial charge in [-0.05, 0) is 12.5 Å². The second-order valence-corrected chi connectivity index (χ2v) is 6.30. The summed E-state index contributed by atoms with van der Waals surface area (Å²) in [5.74, 6) is 0.172. The van der Waals surface area contributed by atoms with Gasteiger partial charge < -0.3 is 10.0 Å². The highest BCUT2D eigenvalue weighted by Crippen LogP contribution is 2.35. The normalized spacial score (nSPS) is 25.4. The first-order chi connectivity index (χ1) is 8.87. The molecule has 0 amide bonds. The van der Waals surface area contributed by atoms with Gasteiger partial charge in [-0.25, -0.2) is 0 Å². The molecular weight excluding hydrogens is 242 g/mol. The van der Waals surface area contributed by atoms with Crippen LogP contribution in [0.3, 0.4) is 0 Å². The predicted octanol–water partition coefficient (Wildman–Crippen LogP) is 1.42. The summed E-state index contributed by atoms with van der Waals surface area (Å²) in [5, 5.41) is 16.3. The molecule has 1 heterocycles. The van der Waals surface area contributed by atoms with Gasteiger partial charge in [0.2, 0.25) is 0 Å². The van der Waals surface area contributed by atoms with Crippen LogP contribution in [0.1, 0.15) is 26.7 Å². The SMILES string of the molecule is CN1CCN(N=CC2=C(O)CC(C)(C)CC2=O)CC1. The van der Waals surface area contributed by atoms with Crippen molar-refractivity contribution in [2.24, 2.45) is 10.5 Å². The van der Waals surface area contributed by atoms with Crippen LogP contribution in [0, 0.1) is 5.41 Å². The van der Waals surface area contributed by atoms with Crippen molar-refractivity contribution in [2.75, 3.05) is 33.2 Å². The molecule has 1 aliphatic carbocycles. The number of likely N-dealkylation sites (N-methyl/N-ethyl adjacent to an activating group) is 1. The third-order valence-electron chi connectivity index (χ3n) is 3.73. The van der Waals surface area contributed by atoms with E-state index in [1.807, 2.05) is 18.9 Å². The molecule has 0 saturated carbocycles. The first kappa shape index (κ1) is 14.1. The zero-order valence-corrected chi connectivity index (χ0v) is 12.0. The highest BCUT2D eigenvalue weighted by molar-refractivity contribution is 6.14. The van der Waals surface area contributed by atoms with Crippen LogP contribution in [0.4, 0.5) is 0 Å². The lowest BCUT2D eigenvalue weighted by molar-refractivity contribution is -0.117. The Labute approximate surface area is 114 Å². The summed E-state index contributed by atoms with van der Waals surface area (Å²) < 4.78 is 0. The van der Waals surface area contributed by atoms with Crippen molar-refractivity contribution < 1.29 is 9.90 Å². The molecule has 0 spiro atoms. The molecule has 0 unspecified atom stereocenters. The van der Waals surface area contributed by atoms with Gasteiger partial charge in [0.25, 0.3) is 0 Å². The maximum absolute atomic E-state index is 12.0. The van der Waals surface area contributed by atoms with Crippen molar-refractivity contribution in [2.45, 2.75) is 26.7 Å². The Balaban J connectivity index is 2.04. The first-order valence-electron chi connectivity index (χ1n) is 6.80. The second kappa shape index (κ2) is 5.33. The molecule has 19 heavy (non-hydrogen) atoms.